The van der Waals surface area contributed by atoms with Crippen LogP contribution in [0.1, 0.15) is 28.4 Å². The maximum absolute atomic E-state index is 12.8. The molecule has 0 aliphatic carbocycles. The molecule has 2 rings (SSSR count). The Morgan fingerprint density at radius 3 is 2.38 bits per heavy atom. The summed E-state index contributed by atoms with van der Waals surface area (Å²) >= 11 is 6.41. The largest absolute Gasteiger partial charge is 0.375 e. The van der Waals surface area contributed by atoms with E-state index in [2.05, 4.69) is 10.2 Å². The Labute approximate surface area is 144 Å². The topological polar surface area (TPSA) is 103 Å². The van der Waals surface area contributed by atoms with Crippen molar-refractivity contribution in [1.82, 2.24) is 10.2 Å². The Morgan fingerprint density at radius 2 is 1.96 bits per heavy atom. The van der Waals surface area contributed by atoms with Gasteiger partial charge in [-0.1, -0.05) is 18.5 Å². The second-order valence-electron chi connectivity index (χ2n) is 5.58. The van der Waals surface area contributed by atoms with Gasteiger partial charge < -0.3 is 10.00 Å². The molecule has 9 heteroatoms. The van der Waals surface area contributed by atoms with E-state index in [9.17, 15) is 18.0 Å². The fourth-order valence-electron chi connectivity index (χ4n) is 2.50. The Bertz CT molecular complexity index is 958. The Morgan fingerprint density at radius 1 is 1.33 bits per heavy atom. The van der Waals surface area contributed by atoms with Crippen LogP contribution in [0.2, 0.25) is 5.02 Å². The van der Waals surface area contributed by atoms with Crippen LogP contribution < -0.4 is 10.5 Å². The molecule has 0 aliphatic rings. The van der Waals surface area contributed by atoms with Gasteiger partial charge in [0.15, 0.2) is 9.84 Å². The van der Waals surface area contributed by atoms with Crippen molar-refractivity contribution in [3.8, 4) is 0 Å². The highest BCUT2D eigenvalue weighted by Crippen LogP contribution is 2.38. The van der Waals surface area contributed by atoms with Crippen molar-refractivity contribution in [1.29, 1.82) is 0 Å². The molecule has 0 radical (unpaired) electrons. The van der Waals surface area contributed by atoms with Crippen LogP contribution in [0.25, 0.3) is 0 Å². The number of nitrogens with zero attached hydrogens (tertiary/aromatic N) is 1. The number of rotatable bonds is 5. The first-order valence-corrected chi connectivity index (χ1v) is 9.40. The number of aryl methyl sites for hydroxylation is 1. The smallest absolute Gasteiger partial charge is 0.275 e. The summed E-state index contributed by atoms with van der Waals surface area (Å²) in [5, 5.41) is 4.79. The summed E-state index contributed by atoms with van der Waals surface area (Å²) in [6.45, 7) is 1.78. The first-order chi connectivity index (χ1) is 11.1. The number of hydrogen-bond acceptors (Lipinski definition) is 5. The molecule has 0 unspecified atom stereocenters. The quantitative estimate of drug-likeness (QED) is 0.777. The number of carbonyl (C=O) groups excluding carboxylic acids is 1. The number of carbonyl (C=O) groups is 1. The zero-order valence-corrected chi connectivity index (χ0v) is 15.3. The van der Waals surface area contributed by atoms with Gasteiger partial charge in [-0.15, -0.1) is 0 Å². The van der Waals surface area contributed by atoms with Gasteiger partial charge in [0.05, 0.1) is 15.6 Å². The number of ketones is 1. The van der Waals surface area contributed by atoms with Crippen molar-refractivity contribution >= 4 is 32.9 Å². The average Bonchev–Trinajstić information content (AvgIpc) is 2.90. The van der Waals surface area contributed by atoms with Crippen molar-refractivity contribution in [3.63, 3.8) is 0 Å². The summed E-state index contributed by atoms with van der Waals surface area (Å²) in [6.07, 6.45) is 2.74. The summed E-state index contributed by atoms with van der Waals surface area (Å²) in [5.74, 6) is -0.553. The van der Waals surface area contributed by atoms with Gasteiger partial charge in [0, 0.05) is 32.1 Å². The third kappa shape index (κ3) is 3.11. The van der Waals surface area contributed by atoms with Crippen LogP contribution in [-0.2, 0) is 16.3 Å². The molecular formula is C15H18ClN3O4S. The summed E-state index contributed by atoms with van der Waals surface area (Å²) in [7, 11) is -0.274. The lowest BCUT2D eigenvalue weighted by molar-refractivity contribution is 0.103. The molecule has 0 saturated carbocycles. The second kappa shape index (κ2) is 6.45. The average molecular weight is 372 g/mol. The van der Waals surface area contributed by atoms with E-state index in [0.717, 1.165) is 6.26 Å². The van der Waals surface area contributed by atoms with Crippen LogP contribution in [0.3, 0.4) is 0 Å². The van der Waals surface area contributed by atoms with E-state index in [1.807, 2.05) is 0 Å². The van der Waals surface area contributed by atoms with Crippen molar-refractivity contribution in [3.05, 3.63) is 44.3 Å². The maximum Gasteiger partial charge on any atom is 0.275 e. The number of aromatic amines is 2. The summed E-state index contributed by atoms with van der Waals surface area (Å²) in [4.78, 5) is 26.1. The molecule has 24 heavy (non-hydrogen) atoms. The van der Waals surface area contributed by atoms with Crippen LogP contribution in [0.15, 0.2) is 22.0 Å². The number of sulfone groups is 1. The third-order valence-electron chi connectivity index (χ3n) is 3.63. The molecule has 7 nitrogen and oxygen atoms in total. The number of hydrogen-bond donors (Lipinski definition) is 2. The highest BCUT2D eigenvalue weighted by molar-refractivity contribution is 7.90. The highest BCUT2D eigenvalue weighted by Gasteiger charge is 2.28. The van der Waals surface area contributed by atoms with Gasteiger partial charge in [-0.3, -0.25) is 14.7 Å². The Kier molecular flexibility index (Phi) is 4.91. The molecule has 0 saturated heterocycles. The lowest BCUT2D eigenvalue weighted by Crippen LogP contribution is -2.20. The lowest BCUT2D eigenvalue weighted by Gasteiger charge is -2.22. The lowest BCUT2D eigenvalue weighted by atomic mass is 9.97. The van der Waals surface area contributed by atoms with E-state index >= 15 is 0 Å². The van der Waals surface area contributed by atoms with Gasteiger partial charge in [-0.2, -0.15) is 0 Å². The van der Waals surface area contributed by atoms with Crippen LogP contribution >= 0.6 is 11.6 Å². The molecule has 1 aromatic heterocycles. The van der Waals surface area contributed by atoms with Gasteiger partial charge in [0.25, 0.3) is 5.56 Å². The third-order valence-corrected chi connectivity index (χ3v) is 5.11. The minimum atomic E-state index is -3.55. The number of H-pyrrole nitrogens is 2. The molecule has 0 bridgehead atoms. The SMILES string of the molecule is CCc1cc(S(C)(=O)=O)c(N(C)C)c(Cl)c1C(=O)c1c[nH][nH]c1=O. The zero-order valence-electron chi connectivity index (χ0n) is 13.7. The number of benzene rings is 1. The molecule has 0 atom stereocenters. The first-order valence-electron chi connectivity index (χ1n) is 7.13. The van der Waals surface area contributed by atoms with Crippen LogP contribution in [0.4, 0.5) is 5.69 Å². The van der Waals surface area contributed by atoms with E-state index in [1.54, 1.807) is 21.0 Å². The summed E-state index contributed by atoms with van der Waals surface area (Å²) in [5.41, 5.74) is 0.198. The zero-order chi connectivity index (χ0) is 18.2. The van der Waals surface area contributed by atoms with Gasteiger partial charge in [0.2, 0.25) is 5.78 Å². The second-order valence-corrected chi connectivity index (χ2v) is 7.94. The van der Waals surface area contributed by atoms with Gasteiger partial charge in [0.1, 0.15) is 5.56 Å². The first kappa shape index (κ1) is 18.3. The standard InChI is InChI=1S/C15H18ClN3O4S/c1-5-8-6-10(24(4,22)23)13(19(2)3)12(16)11(8)14(20)9-7-17-18-15(9)21/h6-7H,5H2,1-4H3,(H2,17,18,21). The molecule has 1 aromatic carbocycles. The Hall–Kier alpha value is -2.06. The van der Waals surface area contributed by atoms with E-state index in [1.165, 1.54) is 17.2 Å². The summed E-state index contributed by atoms with van der Waals surface area (Å²) < 4.78 is 24.2. The molecule has 0 aliphatic heterocycles. The normalized spacial score (nSPS) is 11.5. The van der Waals surface area contributed by atoms with E-state index in [0.29, 0.717) is 12.0 Å². The molecule has 2 N–H and O–H groups in total. The van der Waals surface area contributed by atoms with Crippen molar-refractivity contribution in [2.45, 2.75) is 18.2 Å². The molecule has 0 amide bonds. The molecule has 1 heterocycles. The molecular weight excluding hydrogens is 354 g/mol. The predicted octanol–water partition coefficient (Wildman–Crippen LogP) is 1.62. The van der Waals surface area contributed by atoms with Crippen molar-refractivity contribution < 1.29 is 13.2 Å². The summed E-state index contributed by atoms with van der Waals surface area (Å²) in [6, 6.07) is 1.45. The monoisotopic (exact) mass is 371 g/mol. The molecule has 130 valence electrons. The number of nitrogens with one attached hydrogen (secondary N) is 2. The number of halogens is 1. The van der Waals surface area contributed by atoms with E-state index in [4.69, 9.17) is 11.6 Å². The van der Waals surface area contributed by atoms with Crippen LogP contribution in [-0.4, -0.2) is 44.7 Å². The minimum absolute atomic E-state index is 0.0189. The maximum atomic E-state index is 12.8. The molecule has 0 spiro atoms. The number of anilines is 1. The van der Waals surface area contributed by atoms with Gasteiger partial charge in [-0.25, -0.2) is 8.42 Å². The van der Waals surface area contributed by atoms with E-state index in [-0.39, 0.29) is 26.7 Å². The van der Waals surface area contributed by atoms with Gasteiger partial charge >= 0.3 is 0 Å². The predicted molar refractivity (Wildman–Crippen MR) is 93.1 cm³/mol. The highest BCUT2D eigenvalue weighted by atomic mass is 35.5. The van der Waals surface area contributed by atoms with Crippen molar-refractivity contribution in [2.75, 3.05) is 25.3 Å². The fraction of sp³-hybridized carbons (Fsp3) is 0.333. The van der Waals surface area contributed by atoms with Gasteiger partial charge in [-0.05, 0) is 18.1 Å². The van der Waals surface area contributed by atoms with Crippen LogP contribution in [0, 0.1) is 0 Å². The number of aromatic nitrogens is 2. The molecule has 2 aromatic rings. The fourth-order valence-corrected chi connectivity index (χ4v) is 4.03. The van der Waals surface area contributed by atoms with E-state index < -0.39 is 21.2 Å². The van der Waals surface area contributed by atoms with Crippen molar-refractivity contribution in [2.24, 2.45) is 0 Å². The Balaban J connectivity index is 2.87. The molecule has 0 fully saturated rings. The minimum Gasteiger partial charge on any atom is -0.375 e. The van der Waals surface area contributed by atoms with Crippen LogP contribution in [0.5, 0.6) is 0 Å².